The molecule has 0 fully saturated rings. The fourth-order valence-corrected chi connectivity index (χ4v) is 5.17. The van der Waals surface area contributed by atoms with Gasteiger partial charge in [-0.1, -0.05) is 58.0 Å². The van der Waals surface area contributed by atoms with Gasteiger partial charge in [-0.05, 0) is 88.1 Å². The van der Waals surface area contributed by atoms with Crippen molar-refractivity contribution in [2.24, 2.45) is 0 Å². The molecule has 0 atom stereocenters. The molecular weight excluding hydrogens is 454 g/mol. The molecule has 5 heteroatoms. The summed E-state index contributed by atoms with van der Waals surface area (Å²) in [4.78, 5) is 14.2. The van der Waals surface area contributed by atoms with Crippen molar-refractivity contribution in [2.75, 3.05) is 21.2 Å². The van der Waals surface area contributed by atoms with Crippen LogP contribution in [0.15, 0.2) is 42.5 Å². The number of nitrogens with zero attached hydrogens (tertiary/aromatic N) is 1. The molecule has 0 unspecified atom stereocenters. The van der Waals surface area contributed by atoms with Crippen molar-refractivity contribution in [3.63, 3.8) is 0 Å². The molecule has 3 aromatic rings. The molecule has 0 aromatic heterocycles. The molecule has 0 aliphatic heterocycles. The van der Waals surface area contributed by atoms with Crippen LogP contribution in [0.25, 0.3) is 21.9 Å². The maximum Gasteiger partial charge on any atom is 0.338 e. The van der Waals surface area contributed by atoms with Crippen LogP contribution in [-0.4, -0.2) is 37.2 Å². The van der Waals surface area contributed by atoms with E-state index in [0.717, 1.165) is 21.9 Å². The zero-order valence-corrected chi connectivity index (χ0v) is 22.9. The minimum atomic E-state index is -0.395. The van der Waals surface area contributed by atoms with E-state index in [1.54, 1.807) is 11.0 Å². The third kappa shape index (κ3) is 4.54. The SMILES string of the molecule is COC(=O)c1cc(OC(=S)N(C)C)c2cc(-c3ccc4c(c3)C(C)(C)CCC4(C)C)ccc2c1C. The lowest BCUT2D eigenvalue weighted by molar-refractivity contribution is 0.0600. The van der Waals surface area contributed by atoms with Crippen molar-refractivity contribution < 1.29 is 14.3 Å². The van der Waals surface area contributed by atoms with Gasteiger partial charge in [0.15, 0.2) is 0 Å². The van der Waals surface area contributed by atoms with Gasteiger partial charge in [-0.25, -0.2) is 4.79 Å². The van der Waals surface area contributed by atoms with E-state index in [4.69, 9.17) is 21.7 Å². The summed E-state index contributed by atoms with van der Waals surface area (Å²) < 4.78 is 11.1. The smallest absolute Gasteiger partial charge is 0.338 e. The topological polar surface area (TPSA) is 38.8 Å². The van der Waals surface area contributed by atoms with Crippen LogP contribution in [0.5, 0.6) is 5.75 Å². The quantitative estimate of drug-likeness (QED) is 0.288. The summed E-state index contributed by atoms with van der Waals surface area (Å²) in [6.07, 6.45) is 2.36. The molecule has 35 heavy (non-hydrogen) atoms. The second kappa shape index (κ2) is 8.94. The average molecular weight is 490 g/mol. The molecule has 1 aliphatic carbocycles. The van der Waals surface area contributed by atoms with E-state index in [1.165, 1.54) is 36.6 Å². The van der Waals surface area contributed by atoms with Crippen LogP contribution in [0.1, 0.15) is 67.6 Å². The molecule has 184 valence electrons. The van der Waals surface area contributed by atoms with Gasteiger partial charge in [0.2, 0.25) is 0 Å². The fraction of sp³-hybridized carbons (Fsp3) is 0.400. The van der Waals surface area contributed by atoms with E-state index in [-0.39, 0.29) is 10.8 Å². The van der Waals surface area contributed by atoms with Gasteiger partial charge in [0.1, 0.15) is 5.75 Å². The highest BCUT2D eigenvalue weighted by Gasteiger charge is 2.37. The van der Waals surface area contributed by atoms with E-state index in [0.29, 0.717) is 16.5 Å². The lowest BCUT2D eigenvalue weighted by Crippen LogP contribution is -2.33. The van der Waals surface area contributed by atoms with Crippen LogP contribution in [0.4, 0.5) is 0 Å². The fourth-order valence-electron chi connectivity index (χ4n) is 5.08. The van der Waals surface area contributed by atoms with Crippen molar-refractivity contribution >= 4 is 34.1 Å². The van der Waals surface area contributed by atoms with Gasteiger partial charge in [-0.3, -0.25) is 0 Å². The van der Waals surface area contributed by atoms with Crippen molar-refractivity contribution in [2.45, 2.75) is 58.3 Å². The van der Waals surface area contributed by atoms with Gasteiger partial charge in [-0.2, -0.15) is 0 Å². The molecule has 4 nitrogen and oxygen atoms in total. The zero-order valence-electron chi connectivity index (χ0n) is 22.0. The summed E-state index contributed by atoms with van der Waals surface area (Å²) in [6.45, 7) is 11.3. The minimum absolute atomic E-state index is 0.135. The molecule has 4 rings (SSSR count). The zero-order chi connectivity index (χ0) is 25.7. The predicted molar refractivity (Wildman–Crippen MR) is 148 cm³/mol. The first-order valence-corrected chi connectivity index (χ1v) is 12.5. The van der Waals surface area contributed by atoms with Crippen molar-refractivity contribution in [1.29, 1.82) is 0 Å². The van der Waals surface area contributed by atoms with Crippen molar-refractivity contribution in [3.8, 4) is 16.9 Å². The molecule has 0 amide bonds. The summed E-state index contributed by atoms with van der Waals surface area (Å²) in [5, 5.41) is 2.18. The number of aryl methyl sites for hydroxylation is 1. The number of carbonyl (C=O) groups is 1. The van der Waals surface area contributed by atoms with Gasteiger partial charge >= 0.3 is 5.97 Å². The predicted octanol–water partition coefficient (Wildman–Crippen LogP) is 7.18. The first-order chi connectivity index (χ1) is 16.4. The van der Waals surface area contributed by atoms with Gasteiger partial charge in [-0.15, -0.1) is 0 Å². The van der Waals surface area contributed by atoms with Gasteiger partial charge in [0, 0.05) is 19.5 Å². The largest absolute Gasteiger partial charge is 0.465 e. The highest BCUT2D eigenvalue weighted by atomic mass is 32.1. The Kier molecular flexibility index (Phi) is 6.43. The lowest BCUT2D eigenvalue weighted by Gasteiger charge is -2.42. The molecule has 1 aliphatic rings. The molecule has 0 bridgehead atoms. The average Bonchev–Trinajstić information content (AvgIpc) is 2.82. The number of thiocarbonyl (C=S) groups is 1. The van der Waals surface area contributed by atoms with E-state index in [1.807, 2.05) is 21.0 Å². The number of hydrogen-bond donors (Lipinski definition) is 0. The second-order valence-electron chi connectivity index (χ2n) is 11.1. The number of ether oxygens (including phenoxy) is 2. The standard InChI is InChI=1S/C30H35NO3S/c1-18-21-11-9-19(20-10-12-24-25(16-20)30(4,5)14-13-29(24,2)3)15-23(21)26(34-28(35)31(6)7)17-22(18)27(32)33-8/h9-12,15-17H,13-14H2,1-8H3. The highest BCUT2D eigenvalue weighted by molar-refractivity contribution is 7.80. The number of methoxy groups -OCH3 is 1. The van der Waals surface area contributed by atoms with Gasteiger partial charge in [0.05, 0.1) is 12.7 Å². The molecule has 0 spiro atoms. The molecule has 0 saturated heterocycles. The van der Waals surface area contributed by atoms with Crippen LogP contribution in [0, 0.1) is 6.92 Å². The number of esters is 1. The molecule has 0 saturated carbocycles. The normalized spacial score (nSPS) is 15.9. The van der Waals surface area contributed by atoms with E-state index >= 15 is 0 Å². The monoisotopic (exact) mass is 489 g/mol. The first-order valence-electron chi connectivity index (χ1n) is 12.1. The summed E-state index contributed by atoms with van der Waals surface area (Å²) in [7, 11) is 5.06. The van der Waals surface area contributed by atoms with Crippen molar-refractivity contribution in [1.82, 2.24) is 4.90 Å². The molecule has 0 heterocycles. The molecule has 0 N–H and O–H groups in total. The Morgan fingerprint density at radius 1 is 0.886 bits per heavy atom. The maximum atomic E-state index is 12.5. The number of carbonyl (C=O) groups excluding carboxylic acids is 1. The first kappa shape index (κ1) is 25.2. The third-order valence-electron chi connectivity index (χ3n) is 7.52. The highest BCUT2D eigenvalue weighted by Crippen LogP contribution is 2.47. The van der Waals surface area contributed by atoms with Gasteiger partial charge < -0.3 is 14.4 Å². The molecule has 3 aromatic carbocycles. The number of fused-ring (bicyclic) bond motifs is 2. The van der Waals surface area contributed by atoms with Crippen LogP contribution < -0.4 is 4.74 Å². The maximum absolute atomic E-state index is 12.5. The number of benzene rings is 3. The summed E-state index contributed by atoms with van der Waals surface area (Å²) in [5.74, 6) is 0.152. The summed E-state index contributed by atoms with van der Waals surface area (Å²) >= 11 is 5.42. The van der Waals surface area contributed by atoms with Crippen LogP contribution >= 0.6 is 12.2 Å². The second-order valence-corrected chi connectivity index (χ2v) is 11.4. The Morgan fingerprint density at radius 2 is 1.49 bits per heavy atom. The van der Waals surface area contributed by atoms with Crippen LogP contribution in [-0.2, 0) is 15.6 Å². The van der Waals surface area contributed by atoms with Crippen LogP contribution in [0.3, 0.4) is 0 Å². The lowest BCUT2D eigenvalue weighted by atomic mass is 9.63. The summed E-state index contributed by atoms with van der Waals surface area (Å²) in [5.41, 5.74) is 6.79. The van der Waals surface area contributed by atoms with Gasteiger partial charge in [0.25, 0.3) is 5.17 Å². The Bertz CT molecular complexity index is 1340. The van der Waals surface area contributed by atoms with E-state index in [2.05, 4.69) is 64.1 Å². The summed E-state index contributed by atoms with van der Waals surface area (Å²) in [6, 6.07) is 14.9. The minimum Gasteiger partial charge on any atom is -0.465 e. The Morgan fingerprint density at radius 3 is 2.11 bits per heavy atom. The van der Waals surface area contributed by atoms with E-state index < -0.39 is 5.97 Å². The number of rotatable bonds is 3. The Labute approximate surface area is 214 Å². The molecule has 0 radical (unpaired) electrons. The Balaban J connectivity index is 1.91. The molecular formula is C30H35NO3S. The van der Waals surface area contributed by atoms with E-state index in [9.17, 15) is 4.79 Å². The third-order valence-corrected chi connectivity index (χ3v) is 7.97. The number of hydrogen-bond acceptors (Lipinski definition) is 4. The van der Waals surface area contributed by atoms with Crippen molar-refractivity contribution in [3.05, 3.63) is 64.7 Å². The van der Waals surface area contributed by atoms with Crippen LogP contribution in [0.2, 0.25) is 0 Å². The Hall–Kier alpha value is -2.92.